The molecule has 2 N–H and O–H groups in total. The monoisotopic (exact) mass is 332 g/mol. The summed E-state index contributed by atoms with van der Waals surface area (Å²) in [6, 6.07) is 0. The van der Waals surface area contributed by atoms with Gasteiger partial charge in [-0.05, 0) is 19.3 Å². The lowest BCUT2D eigenvalue weighted by Crippen LogP contribution is -2.20. The molecule has 0 radical (unpaired) electrons. The first-order chi connectivity index (χ1) is 11.5. The largest absolute Gasteiger partial charge is 0.481 e. The fourth-order valence-electron chi connectivity index (χ4n) is 3.09. The van der Waals surface area contributed by atoms with E-state index in [2.05, 4.69) is 20.5 Å². The van der Waals surface area contributed by atoms with Crippen LogP contribution in [0.15, 0.2) is 12.4 Å². The van der Waals surface area contributed by atoms with Gasteiger partial charge in [0.15, 0.2) is 5.82 Å². The Hall–Kier alpha value is -2.71. The van der Waals surface area contributed by atoms with E-state index in [1.807, 2.05) is 13.2 Å². The van der Waals surface area contributed by atoms with E-state index in [0.717, 1.165) is 12.1 Å². The van der Waals surface area contributed by atoms with Crippen molar-refractivity contribution in [3.63, 3.8) is 0 Å². The molecule has 24 heavy (non-hydrogen) atoms. The van der Waals surface area contributed by atoms with Crippen LogP contribution in [-0.4, -0.2) is 48.6 Å². The van der Waals surface area contributed by atoms with Gasteiger partial charge in [0.25, 0.3) is 0 Å². The van der Waals surface area contributed by atoms with Gasteiger partial charge in [0, 0.05) is 20.0 Å². The minimum Gasteiger partial charge on any atom is -0.481 e. The van der Waals surface area contributed by atoms with Gasteiger partial charge < -0.3 is 10.4 Å². The Kier molecular flexibility index (Phi) is 4.32. The van der Waals surface area contributed by atoms with E-state index in [9.17, 15) is 14.7 Å². The summed E-state index contributed by atoms with van der Waals surface area (Å²) >= 11 is 0. The minimum absolute atomic E-state index is 0.0113. The summed E-state index contributed by atoms with van der Waals surface area (Å²) in [7, 11) is 3.37. The molecule has 9 nitrogen and oxygen atoms in total. The van der Waals surface area contributed by atoms with E-state index in [1.54, 1.807) is 22.6 Å². The number of aromatic nitrogens is 5. The summed E-state index contributed by atoms with van der Waals surface area (Å²) in [5.74, 6) is -0.151. The van der Waals surface area contributed by atoms with Crippen molar-refractivity contribution in [1.82, 2.24) is 29.9 Å². The fourth-order valence-corrected chi connectivity index (χ4v) is 3.09. The first-order valence-corrected chi connectivity index (χ1v) is 7.86. The smallest absolute Gasteiger partial charge is 0.306 e. The highest BCUT2D eigenvalue weighted by molar-refractivity contribution is 5.77. The van der Waals surface area contributed by atoms with Crippen LogP contribution in [-0.2, 0) is 23.1 Å². The van der Waals surface area contributed by atoms with E-state index in [1.165, 1.54) is 0 Å². The quantitative estimate of drug-likeness (QED) is 0.811. The van der Waals surface area contributed by atoms with E-state index >= 15 is 0 Å². The SMILES string of the molecule is CNC(=O)Cc1nc([C@H]2CC[C@@H](C(=O)O)C2)n(-c2cnn(C)c2)n1. The van der Waals surface area contributed by atoms with Gasteiger partial charge in [-0.3, -0.25) is 14.3 Å². The normalized spacial score (nSPS) is 20.2. The van der Waals surface area contributed by atoms with E-state index in [0.29, 0.717) is 24.5 Å². The number of likely N-dealkylation sites (N-methyl/N-ethyl adjacent to an activating group) is 1. The van der Waals surface area contributed by atoms with Crippen LogP contribution in [0.3, 0.4) is 0 Å². The molecule has 2 aromatic rings. The Morgan fingerprint density at radius 2 is 2.21 bits per heavy atom. The molecule has 9 heteroatoms. The van der Waals surface area contributed by atoms with Crippen molar-refractivity contribution in [3.8, 4) is 5.69 Å². The molecule has 0 aromatic carbocycles. The topological polar surface area (TPSA) is 115 Å². The number of rotatable bonds is 5. The Morgan fingerprint density at radius 1 is 1.42 bits per heavy atom. The van der Waals surface area contributed by atoms with Crippen molar-refractivity contribution in [2.45, 2.75) is 31.6 Å². The maximum Gasteiger partial charge on any atom is 0.306 e. The predicted molar refractivity (Wildman–Crippen MR) is 83.6 cm³/mol. The van der Waals surface area contributed by atoms with Crippen molar-refractivity contribution < 1.29 is 14.7 Å². The molecular weight excluding hydrogens is 312 g/mol. The molecule has 0 spiro atoms. The Labute approximate surface area is 138 Å². The van der Waals surface area contributed by atoms with Crippen LogP contribution in [0.4, 0.5) is 0 Å². The second-order valence-electron chi connectivity index (χ2n) is 6.07. The first kappa shape index (κ1) is 16.2. The average Bonchev–Trinajstić information content (AvgIpc) is 3.25. The molecule has 0 saturated heterocycles. The highest BCUT2D eigenvalue weighted by Gasteiger charge is 2.34. The zero-order valence-corrected chi connectivity index (χ0v) is 13.6. The number of aryl methyl sites for hydroxylation is 1. The molecule has 0 aliphatic heterocycles. The summed E-state index contributed by atoms with van der Waals surface area (Å²) in [6.45, 7) is 0. The van der Waals surface area contributed by atoms with Gasteiger partial charge in [-0.25, -0.2) is 9.67 Å². The lowest BCUT2D eigenvalue weighted by atomic mass is 10.0. The average molecular weight is 332 g/mol. The van der Waals surface area contributed by atoms with Crippen LogP contribution >= 0.6 is 0 Å². The van der Waals surface area contributed by atoms with E-state index in [-0.39, 0.29) is 24.2 Å². The molecule has 2 aromatic heterocycles. The number of amides is 1. The number of carboxylic acids is 1. The van der Waals surface area contributed by atoms with E-state index < -0.39 is 5.97 Å². The van der Waals surface area contributed by atoms with Crippen molar-refractivity contribution >= 4 is 11.9 Å². The van der Waals surface area contributed by atoms with Crippen molar-refractivity contribution in [1.29, 1.82) is 0 Å². The lowest BCUT2D eigenvalue weighted by molar-refractivity contribution is -0.141. The highest BCUT2D eigenvalue weighted by Crippen LogP contribution is 2.38. The van der Waals surface area contributed by atoms with Gasteiger partial charge in [0.1, 0.15) is 11.5 Å². The molecular formula is C15H20N6O3. The highest BCUT2D eigenvalue weighted by atomic mass is 16.4. The molecule has 1 amide bonds. The summed E-state index contributed by atoms with van der Waals surface area (Å²) < 4.78 is 3.34. The van der Waals surface area contributed by atoms with Crippen LogP contribution in [0.5, 0.6) is 0 Å². The summed E-state index contributed by atoms with van der Waals surface area (Å²) in [5, 5.41) is 20.4. The maximum atomic E-state index is 11.6. The standard InChI is InChI=1S/C15H20N6O3/c1-16-13(22)6-12-18-14(9-3-4-10(5-9)15(23)24)21(19-12)11-7-17-20(2)8-11/h7-10H,3-6H2,1-2H3,(H,16,22)(H,23,24)/t9-,10+/m0/s1. The second-order valence-corrected chi connectivity index (χ2v) is 6.07. The number of aliphatic carboxylic acids is 1. The third-order valence-corrected chi connectivity index (χ3v) is 4.36. The third-order valence-electron chi connectivity index (χ3n) is 4.36. The van der Waals surface area contributed by atoms with Gasteiger partial charge >= 0.3 is 5.97 Å². The van der Waals surface area contributed by atoms with E-state index in [4.69, 9.17) is 0 Å². The lowest BCUT2D eigenvalue weighted by Gasteiger charge is -2.09. The molecule has 128 valence electrons. The van der Waals surface area contributed by atoms with Crippen LogP contribution in [0.1, 0.15) is 36.8 Å². The number of nitrogens with zero attached hydrogens (tertiary/aromatic N) is 5. The molecule has 2 atom stereocenters. The number of carbonyl (C=O) groups excluding carboxylic acids is 1. The summed E-state index contributed by atoms with van der Waals surface area (Å²) in [5.41, 5.74) is 0.752. The van der Waals surface area contributed by atoms with Crippen LogP contribution < -0.4 is 5.32 Å². The van der Waals surface area contributed by atoms with Gasteiger partial charge in [-0.2, -0.15) is 10.2 Å². The Bertz CT molecular complexity index is 765. The summed E-state index contributed by atoms with van der Waals surface area (Å²) in [4.78, 5) is 27.3. The summed E-state index contributed by atoms with van der Waals surface area (Å²) in [6.07, 6.45) is 5.48. The number of hydrogen-bond acceptors (Lipinski definition) is 5. The second kappa shape index (κ2) is 6.42. The molecule has 0 unspecified atom stereocenters. The maximum absolute atomic E-state index is 11.6. The number of hydrogen-bond donors (Lipinski definition) is 2. The van der Waals surface area contributed by atoms with Gasteiger partial charge in [-0.15, -0.1) is 0 Å². The molecule has 1 aliphatic carbocycles. The molecule has 1 saturated carbocycles. The van der Waals surface area contributed by atoms with Gasteiger partial charge in [0.05, 0.1) is 24.7 Å². The predicted octanol–water partition coefficient (Wildman–Crippen LogP) is 0.258. The van der Waals surface area contributed by atoms with Crippen LogP contribution in [0, 0.1) is 5.92 Å². The minimum atomic E-state index is -0.768. The number of carbonyl (C=O) groups is 2. The Balaban J connectivity index is 1.94. The molecule has 0 bridgehead atoms. The Morgan fingerprint density at radius 3 is 2.79 bits per heavy atom. The zero-order chi connectivity index (χ0) is 17.3. The molecule has 1 aliphatic rings. The van der Waals surface area contributed by atoms with Crippen molar-refractivity contribution in [2.24, 2.45) is 13.0 Å². The number of nitrogens with one attached hydrogen (secondary N) is 1. The number of carboxylic acid groups (broad SMARTS) is 1. The molecule has 2 heterocycles. The third kappa shape index (κ3) is 3.15. The van der Waals surface area contributed by atoms with Gasteiger partial charge in [-0.1, -0.05) is 0 Å². The molecule has 1 fully saturated rings. The fraction of sp³-hybridized carbons (Fsp3) is 0.533. The van der Waals surface area contributed by atoms with Crippen LogP contribution in [0.25, 0.3) is 5.69 Å². The zero-order valence-electron chi connectivity index (χ0n) is 13.6. The van der Waals surface area contributed by atoms with Crippen molar-refractivity contribution in [3.05, 3.63) is 24.0 Å². The van der Waals surface area contributed by atoms with Gasteiger partial charge in [0.2, 0.25) is 5.91 Å². The van der Waals surface area contributed by atoms with Crippen LogP contribution in [0.2, 0.25) is 0 Å². The first-order valence-electron chi connectivity index (χ1n) is 7.86. The van der Waals surface area contributed by atoms with Crippen molar-refractivity contribution in [2.75, 3.05) is 7.05 Å². The molecule has 3 rings (SSSR count).